The fourth-order valence-corrected chi connectivity index (χ4v) is 2.29. The molecule has 0 unspecified atom stereocenters. The normalized spacial score (nSPS) is 16.6. The van der Waals surface area contributed by atoms with E-state index < -0.39 is 0 Å². The summed E-state index contributed by atoms with van der Waals surface area (Å²) in [6, 6.07) is 8.32. The Morgan fingerprint density at radius 3 is 2.21 bits per heavy atom. The number of carbonyl (C=O) groups is 1. The van der Waals surface area contributed by atoms with Crippen molar-refractivity contribution < 1.29 is 9.90 Å². The van der Waals surface area contributed by atoms with E-state index in [1.54, 1.807) is 4.90 Å². The summed E-state index contributed by atoms with van der Waals surface area (Å²) in [6.45, 7) is 4.17. The lowest BCUT2D eigenvalue weighted by molar-refractivity contribution is -0.135. The summed E-state index contributed by atoms with van der Waals surface area (Å²) in [5.74, 6) is -0.174. The van der Waals surface area contributed by atoms with Crippen LogP contribution >= 0.6 is 0 Å². The van der Waals surface area contributed by atoms with Crippen molar-refractivity contribution in [1.29, 1.82) is 0 Å². The molecular weight excluding hydrogens is 242 g/mol. The third-order valence-corrected chi connectivity index (χ3v) is 3.53. The Kier molecular flexibility index (Phi) is 4.90. The highest BCUT2D eigenvalue weighted by atomic mass is 16.3. The molecule has 0 saturated carbocycles. The minimum atomic E-state index is -0.388. The number of piperazine rings is 1. The molecule has 3 N–H and O–H groups in total. The van der Waals surface area contributed by atoms with Gasteiger partial charge in [-0.1, -0.05) is 24.3 Å². The molecule has 0 aromatic heterocycles. The first-order chi connectivity index (χ1) is 9.22. The van der Waals surface area contributed by atoms with Crippen molar-refractivity contribution in [2.24, 2.45) is 5.73 Å². The van der Waals surface area contributed by atoms with Crippen molar-refractivity contribution in [3.05, 3.63) is 35.4 Å². The summed E-state index contributed by atoms with van der Waals surface area (Å²) in [4.78, 5) is 15.4. The molecule has 1 heterocycles. The lowest BCUT2D eigenvalue weighted by atomic mass is 10.1. The molecule has 104 valence electrons. The van der Waals surface area contributed by atoms with Gasteiger partial charge in [-0.15, -0.1) is 0 Å². The molecule has 19 heavy (non-hydrogen) atoms. The summed E-state index contributed by atoms with van der Waals surface area (Å²) < 4.78 is 0. The van der Waals surface area contributed by atoms with E-state index >= 15 is 0 Å². The smallest absolute Gasteiger partial charge is 0.248 e. The quantitative estimate of drug-likeness (QED) is 0.788. The molecule has 0 radical (unpaired) electrons. The number of hydrogen-bond donors (Lipinski definition) is 2. The fourth-order valence-electron chi connectivity index (χ4n) is 2.29. The molecule has 1 aromatic carbocycles. The first-order valence-electron chi connectivity index (χ1n) is 6.62. The van der Waals surface area contributed by atoms with E-state index in [2.05, 4.69) is 29.2 Å². The summed E-state index contributed by atoms with van der Waals surface area (Å²) in [6.07, 6.45) is 0. The van der Waals surface area contributed by atoms with Gasteiger partial charge in [0.25, 0.3) is 0 Å². The third kappa shape index (κ3) is 3.76. The summed E-state index contributed by atoms with van der Waals surface area (Å²) in [5.41, 5.74) is 7.98. The molecule has 1 aromatic rings. The predicted octanol–water partition coefficient (Wildman–Crippen LogP) is -0.218. The van der Waals surface area contributed by atoms with Gasteiger partial charge in [0.1, 0.15) is 6.61 Å². The number of benzene rings is 1. The van der Waals surface area contributed by atoms with E-state index in [4.69, 9.17) is 10.8 Å². The molecule has 1 saturated heterocycles. The molecule has 5 nitrogen and oxygen atoms in total. The van der Waals surface area contributed by atoms with Crippen molar-refractivity contribution in [3.8, 4) is 0 Å². The molecule has 0 aliphatic carbocycles. The average molecular weight is 263 g/mol. The van der Waals surface area contributed by atoms with Gasteiger partial charge in [-0.2, -0.15) is 0 Å². The van der Waals surface area contributed by atoms with Gasteiger partial charge in [-0.25, -0.2) is 0 Å². The zero-order valence-corrected chi connectivity index (χ0v) is 11.1. The second-order valence-corrected chi connectivity index (χ2v) is 4.84. The summed E-state index contributed by atoms with van der Waals surface area (Å²) >= 11 is 0. The van der Waals surface area contributed by atoms with Crippen LogP contribution in [0.1, 0.15) is 11.1 Å². The van der Waals surface area contributed by atoms with Crippen LogP contribution in [-0.4, -0.2) is 53.6 Å². The Labute approximate surface area is 113 Å². The molecular formula is C14H21N3O2. The van der Waals surface area contributed by atoms with E-state index in [0.717, 1.165) is 25.2 Å². The Balaban J connectivity index is 1.83. The Hall–Kier alpha value is -1.43. The molecule has 1 amide bonds. The molecule has 5 heteroatoms. The summed E-state index contributed by atoms with van der Waals surface area (Å²) in [7, 11) is 0. The van der Waals surface area contributed by atoms with Gasteiger partial charge in [0.2, 0.25) is 5.91 Å². The lowest BCUT2D eigenvalue weighted by Gasteiger charge is -2.34. The van der Waals surface area contributed by atoms with Gasteiger partial charge in [0.05, 0.1) is 0 Å². The average Bonchev–Trinajstić information content (AvgIpc) is 2.48. The van der Waals surface area contributed by atoms with Crippen molar-refractivity contribution in [2.75, 3.05) is 32.8 Å². The lowest BCUT2D eigenvalue weighted by Crippen LogP contribution is -2.49. The van der Waals surface area contributed by atoms with Gasteiger partial charge in [0.15, 0.2) is 0 Å². The molecule has 1 aliphatic rings. The topological polar surface area (TPSA) is 69.8 Å². The van der Waals surface area contributed by atoms with Crippen LogP contribution in [0.15, 0.2) is 24.3 Å². The number of carbonyl (C=O) groups excluding carboxylic acids is 1. The highest BCUT2D eigenvalue weighted by Crippen LogP contribution is 2.10. The predicted molar refractivity (Wildman–Crippen MR) is 73.3 cm³/mol. The maximum atomic E-state index is 11.3. The second-order valence-electron chi connectivity index (χ2n) is 4.84. The van der Waals surface area contributed by atoms with Gasteiger partial charge >= 0.3 is 0 Å². The number of rotatable bonds is 4. The van der Waals surface area contributed by atoms with Crippen LogP contribution in [-0.2, 0) is 17.9 Å². The van der Waals surface area contributed by atoms with Gasteiger partial charge in [-0.05, 0) is 11.1 Å². The van der Waals surface area contributed by atoms with Crippen LogP contribution in [0, 0.1) is 0 Å². The fraction of sp³-hybridized carbons (Fsp3) is 0.500. The van der Waals surface area contributed by atoms with Crippen molar-refractivity contribution in [1.82, 2.24) is 9.80 Å². The van der Waals surface area contributed by atoms with Crippen LogP contribution in [0.3, 0.4) is 0 Å². The van der Waals surface area contributed by atoms with Crippen molar-refractivity contribution in [3.63, 3.8) is 0 Å². The highest BCUT2D eigenvalue weighted by Gasteiger charge is 2.20. The first-order valence-corrected chi connectivity index (χ1v) is 6.62. The summed E-state index contributed by atoms with van der Waals surface area (Å²) in [5, 5.41) is 8.82. The molecule has 0 bridgehead atoms. The van der Waals surface area contributed by atoms with Crippen molar-refractivity contribution >= 4 is 5.91 Å². The largest absolute Gasteiger partial charge is 0.387 e. The monoisotopic (exact) mass is 263 g/mol. The maximum Gasteiger partial charge on any atom is 0.248 e. The molecule has 1 fully saturated rings. The number of aliphatic hydroxyl groups excluding tert-OH is 1. The van der Waals surface area contributed by atoms with E-state index in [1.165, 1.54) is 5.56 Å². The van der Waals surface area contributed by atoms with E-state index in [0.29, 0.717) is 19.6 Å². The van der Waals surface area contributed by atoms with Crippen LogP contribution in [0.4, 0.5) is 0 Å². The second kappa shape index (κ2) is 6.65. The van der Waals surface area contributed by atoms with Crippen molar-refractivity contribution in [2.45, 2.75) is 13.1 Å². The standard InChI is InChI=1S/C14H21N3O2/c15-9-12-1-3-13(4-2-12)10-16-5-7-17(8-6-16)14(19)11-18/h1-4,18H,5-11,15H2. The van der Waals surface area contributed by atoms with Gasteiger partial charge < -0.3 is 15.7 Å². The number of hydrogen-bond acceptors (Lipinski definition) is 4. The van der Waals surface area contributed by atoms with Crippen LogP contribution in [0.5, 0.6) is 0 Å². The SMILES string of the molecule is NCc1ccc(CN2CCN(C(=O)CO)CC2)cc1. The number of nitrogens with zero attached hydrogens (tertiary/aromatic N) is 2. The number of nitrogens with two attached hydrogens (primary N) is 1. The Bertz CT molecular complexity index is 411. The first kappa shape index (κ1) is 14.0. The van der Waals surface area contributed by atoms with Crippen LogP contribution < -0.4 is 5.73 Å². The Morgan fingerprint density at radius 2 is 1.68 bits per heavy atom. The van der Waals surface area contributed by atoms with E-state index in [9.17, 15) is 4.79 Å². The number of aliphatic hydroxyl groups is 1. The van der Waals surface area contributed by atoms with Crippen LogP contribution in [0.25, 0.3) is 0 Å². The molecule has 0 spiro atoms. The minimum Gasteiger partial charge on any atom is -0.387 e. The van der Waals surface area contributed by atoms with Gasteiger partial charge in [0, 0.05) is 39.3 Å². The van der Waals surface area contributed by atoms with Gasteiger partial charge in [-0.3, -0.25) is 9.69 Å². The van der Waals surface area contributed by atoms with E-state index in [-0.39, 0.29) is 12.5 Å². The molecule has 1 aliphatic heterocycles. The highest BCUT2D eigenvalue weighted by molar-refractivity contribution is 5.77. The zero-order valence-electron chi connectivity index (χ0n) is 11.1. The third-order valence-electron chi connectivity index (χ3n) is 3.53. The minimum absolute atomic E-state index is 0.174. The molecule has 2 rings (SSSR count). The van der Waals surface area contributed by atoms with E-state index in [1.807, 2.05) is 0 Å². The zero-order chi connectivity index (χ0) is 13.7. The molecule has 0 atom stereocenters. The number of amides is 1. The van der Waals surface area contributed by atoms with Crippen LogP contribution in [0.2, 0.25) is 0 Å². The Morgan fingerprint density at radius 1 is 1.11 bits per heavy atom. The maximum absolute atomic E-state index is 11.3.